The van der Waals surface area contributed by atoms with Crippen molar-refractivity contribution < 1.29 is 0 Å². The summed E-state index contributed by atoms with van der Waals surface area (Å²) in [4.78, 5) is 0. The standard InChI is InChI=1S/C21H35N.C15H25N.C9H16/c1-16-3-5-17(6-4-16)18-7-9-19(10-8-18)20-11-13-21(2,15-22)14-12-20;1-12-3-5-13(6-4-12)14-7-9-15(2,11-16)10-8-14;1-7-3-9(4-7)5-8(2)6-9/h16-20H,3-14H2,1-2H3;12-14H,3-10H2,1-2H3;7-8H,3-6H2,1-2H3. The third-order valence-electron chi connectivity index (χ3n) is 15.9. The van der Waals surface area contributed by atoms with Crippen LogP contribution in [0.3, 0.4) is 0 Å². The van der Waals surface area contributed by atoms with E-state index in [9.17, 15) is 5.26 Å². The lowest BCUT2D eigenvalue weighted by molar-refractivity contribution is -0.0549. The number of hydrogen-bond donors (Lipinski definition) is 0. The smallest absolute Gasteiger partial charge is 0.0686 e. The molecule has 0 bridgehead atoms. The molecule has 47 heavy (non-hydrogen) atoms. The van der Waals surface area contributed by atoms with Crippen molar-refractivity contribution in [3.63, 3.8) is 0 Å². The van der Waals surface area contributed by atoms with Crippen molar-refractivity contribution in [1.82, 2.24) is 0 Å². The fourth-order valence-electron chi connectivity index (χ4n) is 12.5. The van der Waals surface area contributed by atoms with E-state index in [0.29, 0.717) is 0 Å². The lowest BCUT2D eigenvalue weighted by Gasteiger charge is -2.56. The molecule has 0 aromatic rings. The number of nitrogens with zero attached hydrogens (tertiary/aromatic N) is 2. The van der Waals surface area contributed by atoms with Gasteiger partial charge in [0, 0.05) is 0 Å². The van der Waals surface area contributed by atoms with Crippen molar-refractivity contribution in [2.45, 2.75) is 196 Å². The molecule has 2 heteroatoms. The summed E-state index contributed by atoms with van der Waals surface area (Å²) in [6.45, 7) is 13.9. The molecule has 0 atom stereocenters. The molecule has 7 saturated carbocycles. The van der Waals surface area contributed by atoms with Crippen LogP contribution in [-0.2, 0) is 0 Å². The summed E-state index contributed by atoms with van der Waals surface area (Å²) in [6, 6.07) is 5.07. The van der Waals surface area contributed by atoms with Crippen LogP contribution < -0.4 is 0 Å². The van der Waals surface area contributed by atoms with Gasteiger partial charge in [-0.3, -0.25) is 0 Å². The van der Waals surface area contributed by atoms with Crippen LogP contribution in [0.2, 0.25) is 0 Å². The topological polar surface area (TPSA) is 47.6 Å². The average Bonchev–Trinajstić information content (AvgIpc) is 3.06. The molecule has 0 aromatic heterocycles. The van der Waals surface area contributed by atoms with Crippen LogP contribution in [0.15, 0.2) is 0 Å². The van der Waals surface area contributed by atoms with E-state index in [1.165, 1.54) is 128 Å². The summed E-state index contributed by atoms with van der Waals surface area (Å²) in [5.74, 6) is 10.0. The second-order valence-electron chi connectivity index (χ2n) is 20.3. The summed E-state index contributed by atoms with van der Waals surface area (Å²) in [5, 5.41) is 18.4. The molecule has 0 heterocycles. The molecule has 0 aliphatic heterocycles. The second-order valence-corrected chi connectivity index (χ2v) is 20.3. The van der Waals surface area contributed by atoms with Crippen molar-refractivity contribution >= 4 is 0 Å². The summed E-state index contributed by atoms with van der Waals surface area (Å²) in [5.41, 5.74) is 0.879. The predicted octanol–water partition coefficient (Wildman–Crippen LogP) is 13.7. The molecule has 0 N–H and O–H groups in total. The zero-order valence-electron chi connectivity index (χ0n) is 32.1. The Bertz CT molecular complexity index is 989. The second kappa shape index (κ2) is 16.3. The van der Waals surface area contributed by atoms with Crippen LogP contribution in [0.25, 0.3) is 0 Å². The maximum atomic E-state index is 9.29. The largest absolute Gasteiger partial charge is 0.198 e. The van der Waals surface area contributed by atoms with E-state index >= 15 is 0 Å². The minimum Gasteiger partial charge on any atom is -0.198 e. The molecule has 0 aromatic carbocycles. The zero-order valence-corrected chi connectivity index (χ0v) is 32.1. The predicted molar refractivity (Wildman–Crippen MR) is 198 cm³/mol. The van der Waals surface area contributed by atoms with Gasteiger partial charge in [0.05, 0.1) is 23.0 Å². The van der Waals surface area contributed by atoms with E-state index in [0.717, 1.165) is 90.3 Å². The van der Waals surface area contributed by atoms with Gasteiger partial charge < -0.3 is 0 Å². The molecular formula is C45H76N2. The Balaban J connectivity index is 0.000000151. The molecule has 0 saturated heterocycles. The Labute approximate surface area is 293 Å². The minimum absolute atomic E-state index is 0.00153. The maximum absolute atomic E-state index is 9.29. The van der Waals surface area contributed by atoms with E-state index in [1.807, 2.05) is 0 Å². The van der Waals surface area contributed by atoms with Gasteiger partial charge in [-0.15, -0.1) is 0 Å². The van der Waals surface area contributed by atoms with Crippen molar-refractivity contribution in [1.29, 1.82) is 10.5 Å². The SMILES string of the molecule is CC1CC2(C1)CC(C)C2.CC1CCC(C2CCC(C)(C#N)CC2)CC1.CC1CCC(C2CCC(C3CCC(C)(C#N)CC3)CC2)CC1. The van der Waals surface area contributed by atoms with Gasteiger partial charge in [-0.1, -0.05) is 53.4 Å². The first-order chi connectivity index (χ1) is 22.4. The Morgan fingerprint density at radius 3 is 0.830 bits per heavy atom. The molecule has 7 aliphatic rings. The molecule has 7 aliphatic carbocycles. The van der Waals surface area contributed by atoms with Gasteiger partial charge in [0.1, 0.15) is 0 Å². The van der Waals surface area contributed by atoms with Crippen molar-refractivity contribution in [2.75, 3.05) is 0 Å². The average molecular weight is 645 g/mol. The van der Waals surface area contributed by atoms with Gasteiger partial charge in [-0.2, -0.15) is 10.5 Å². The first-order valence-corrected chi connectivity index (χ1v) is 21.3. The molecule has 7 rings (SSSR count). The Kier molecular flexibility index (Phi) is 12.9. The highest BCUT2D eigenvalue weighted by molar-refractivity contribution is 5.01. The van der Waals surface area contributed by atoms with Gasteiger partial charge in [-0.25, -0.2) is 0 Å². The Hall–Kier alpha value is -1.02. The van der Waals surface area contributed by atoms with Crippen LogP contribution in [0, 0.1) is 98.1 Å². The number of rotatable bonds is 3. The van der Waals surface area contributed by atoms with E-state index in [2.05, 4.69) is 53.7 Å². The van der Waals surface area contributed by atoms with Crippen molar-refractivity contribution in [2.24, 2.45) is 75.4 Å². The summed E-state index contributed by atoms with van der Waals surface area (Å²) in [7, 11) is 0. The van der Waals surface area contributed by atoms with E-state index in [1.54, 1.807) is 0 Å². The monoisotopic (exact) mass is 645 g/mol. The first-order valence-electron chi connectivity index (χ1n) is 21.3. The molecule has 0 radical (unpaired) electrons. The van der Waals surface area contributed by atoms with Crippen molar-refractivity contribution in [3.8, 4) is 12.1 Å². The van der Waals surface area contributed by atoms with Crippen LogP contribution >= 0.6 is 0 Å². The zero-order chi connectivity index (χ0) is 33.7. The number of hydrogen-bond acceptors (Lipinski definition) is 2. The third kappa shape index (κ3) is 10.0. The van der Waals surface area contributed by atoms with Crippen molar-refractivity contribution in [3.05, 3.63) is 0 Å². The van der Waals surface area contributed by atoms with Gasteiger partial charge >= 0.3 is 0 Å². The van der Waals surface area contributed by atoms with Gasteiger partial charge in [0.15, 0.2) is 0 Å². The highest BCUT2D eigenvalue weighted by Crippen LogP contribution is 2.60. The summed E-state index contributed by atoms with van der Waals surface area (Å²) in [6.07, 6.45) is 33.8. The first kappa shape index (κ1) is 37.2. The molecule has 266 valence electrons. The lowest BCUT2D eigenvalue weighted by Crippen LogP contribution is -2.45. The lowest BCUT2D eigenvalue weighted by atomic mass is 9.49. The highest BCUT2D eigenvalue weighted by Gasteiger charge is 2.49. The van der Waals surface area contributed by atoms with E-state index in [-0.39, 0.29) is 10.8 Å². The van der Waals surface area contributed by atoms with Crippen LogP contribution in [0.5, 0.6) is 0 Å². The van der Waals surface area contributed by atoms with Crippen LogP contribution in [0.4, 0.5) is 0 Å². The van der Waals surface area contributed by atoms with E-state index < -0.39 is 0 Å². The van der Waals surface area contributed by atoms with Gasteiger partial charge in [0.2, 0.25) is 0 Å². The fourth-order valence-corrected chi connectivity index (χ4v) is 12.5. The highest BCUT2D eigenvalue weighted by atomic mass is 14.5. The van der Waals surface area contributed by atoms with Gasteiger partial charge in [0.25, 0.3) is 0 Å². The van der Waals surface area contributed by atoms with E-state index in [4.69, 9.17) is 5.26 Å². The van der Waals surface area contributed by atoms with Crippen LogP contribution in [-0.4, -0.2) is 0 Å². The molecule has 7 fully saturated rings. The summed E-state index contributed by atoms with van der Waals surface area (Å²) < 4.78 is 0. The fraction of sp³-hybridized carbons (Fsp3) is 0.956. The quantitative estimate of drug-likeness (QED) is 0.307. The molecule has 2 nitrogen and oxygen atoms in total. The Morgan fingerprint density at radius 1 is 0.362 bits per heavy atom. The molecule has 0 unspecified atom stereocenters. The Morgan fingerprint density at radius 2 is 0.596 bits per heavy atom. The number of nitriles is 2. The van der Waals surface area contributed by atoms with Gasteiger partial charge in [-0.05, 0) is 207 Å². The third-order valence-corrected chi connectivity index (χ3v) is 15.9. The molecule has 1 spiro atoms. The summed E-state index contributed by atoms with van der Waals surface area (Å²) >= 11 is 0. The normalized spacial score (nSPS) is 48.1. The molecular weight excluding hydrogens is 569 g/mol. The molecule has 0 amide bonds. The van der Waals surface area contributed by atoms with Crippen LogP contribution in [0.1, 0.15) is 196 Å². The minimum atomic E-state index is -0.00745. The maximum Gasteiger partial charge on any atom is 0.0686 e.